The molecule has 3 aromatic rings. The number of carbonyl (C=O) groups is 1. The molecule has 144 valence electrons. The molecule has 7 nitrogen and oxygen atoms in total. The van der Waals surface area contributed by atoms with Crippen molar-refractivity contribution in [3.8, 4) is 0 Å². The molecular formula is C19H16Cl2N4O3. The van der Waals surface area contributed by atoms with Gasteiger partial charge < -0.3 is 10.6 Å². The van der Waals surface area contributed by atoms with Crippen molar-refractivity contribution in [1.29, 1.82) is 0 Å². The third-order valence-electron chi connectivity index (χ3n) is 4.20. The Morgan fingerprint density at radius 2 is 1.79 bits per heavy atom. The predicted molar refractivity (Wildman–Crippen MR) is 110 cm³/mol. The van der Waals surface area contributed by atoms with Crippen LogP contribution in [-0.2, 0) is 6.54 Å². The summed E-state index contributed by atoms with van der Waals surface area (Å²) in [6.07, 6.45) is 0. The summed E-state index contributed by atoms with van der Waals surface area (Å²) in [6.45, 7) is 0.143. The molecule has 0 aliphatic rings. The van der Waals surface area contributed by atoms with Crippen LogP contribution in [0.1, 0.15) is 15.9 Å². The number of hydrogen-bond acceptors (Lipinski definition) is 4. The van der Waals surface area contributed by atoms with Gasteiger partial charge in [0.15, 0.2) is 5.69 Å². The van der Waals surface area contributed by atoms with Crippen LogP contribution >= 0.6 is 23.2 Å². The summed E-state index contributed by atoms with van der Waals surface area (Å²) < 4.78 is 1.20. The van der Waals surface area contributed by atoms with Crippen molar-refractivity contribution in [3.63, 3.8) is 0 Å². The zero-order valence-corrected chi connectivity index (χ0v) is 16.3. The number of aromatic nitrogens is 2. The minimum absolute atomic E-state index is 0.117. The number of rotatable bonds is 4. The first-order valence-electron chi connectivity index (χ1n) is 8.19. The van der Waals surface area contributed by atoms with Gasteiger partial charge in [-0.1, -0.05) is 53.5 Å². The Kier molecular flexibility index (Phi) is 5.58. The van der Waals surface area contributed by atoms with Crippen LogP contribution in [0.5, 0.6) is 0 Å². The number of nitrogens with zero attached hydrogens (tertiary/aromatic N) is 2. The Balaban J connectivity index is 2.04. The van der Waals surface area contributed by atoms with E-state index in [1.54, 1.807) is 0 Å². The van der Waals surface area contributed by atoms with E-state index in [0.29, 0.717) is 5.02 Å². The van der Waals surface area contributed by atoms with Gasteiger partial charge in [-0.15, -0.1) is 0 Å². The van der Waals surface area contributed by atoms with Gasteiger partial charge in [0.2, 0.25) is 0 Å². The molecule has 1 aromatic heterocycles. The van der Waals surface area contributed by atoms with Gasteiger partial charge in [0.25, 0.3) is 11.5 Å². The monoisotopic (exact) mass is 418 g/mol. The van der Waals surface area contributed by atoms with E-state index in [2.05, 4.69) is 4.98 Å². The number of aromatic amines is 1. The minimum Gasteiger partial charge on any atom is -0.383 e. The molecule has 0 radical (unpaired) electrons. The van der Waals surface area contributed by atoms with Crippen molar-refractivity contribution in [1.82, 2.24) is 9.55 Å². The highest BCUT2D eigenvalue weighted by molar-refractivity contribution is 6.42. The number of amides is 1. The van der Waals surface area contributed by atoms with E-state index in [1.165, 1.54) is 29.8 Å². The van der Waals surface area contributed by atoms with Crippen LogP contribution in [0.25, 0.3) is 0 Å². The number of hydrogen-bond donors (Lipinski definition) is 2. The Morgan fingerprint density at radius 3 is 2.43 bits per heavy atom. The number of carbonyl (C=O) groups excluding carboxylic acids is 1. The number of anilines is 2. The standard InChI is InChI=1S/C19H16Cl2N4O3/c1-24(18(27)12-7-8-13(20)14(21)9-12)15-16(22)25(19(28)23-17(15)26)10-11-5-3-2-4-6-11/h2-9H,10,22H2,1H3,(H,23,26,28). The van der Waals surface area contributed by atoms with Crippen molar-refractivity contribution in [2.45, 2.75) is 6.54 Å². The molecule has 0 atom stereocenters. The van der Waals surface area contributed by atoms with Gasteiger partial charge in [0, 0.05) is 12.6 Å². The third-order valence-corrected chi connectivity index (χ3v) is 4.94. The molecule has 0 aliphatic carbocycles. The summed E-state index contributed by atoms with van der Waals surface area (Å²) in [7, 11) is 1.39. The van der Waals surface area contributed by atoms with Gasteiger partial charge in [0.05, 0.1) is 16.6 Å². The molecule has 3 rings (SSSR count). The summed E-state index contributed by atoms with van der Waals surface area (Å²) in [5.74, 6) is -0.644. The van der Waals surface area contributed by atoms with Crippen LogP contribution in [-0.4, -0.2) is 22.5 Å². The predicted octanol–water partition coefficient (Wildman–Crippen LogP) is 2.75. The van der Waals surface area contributed by atoms with Crippen molar-refractivity contribution in [2.24, 2.45) is 0 Å². The summed E-state index contributed by atoms with van der Waals surface area (Å²) in [4.78, 5) is 40.7. The van der Waals surface area contributed by atoms with Gasteiger partial charge >= 0.3 is 5.69 Å². The minimum atomic E-state index is -0.761. The lowest BCUT2D eigenvalue weighted by atomic mass is 10.2. The summed E-state index contributed by atoms with van der Waals surface area (Å²) >= 11 is 11.8. The van der Waals surface area contributed by atoms with Crippen LogP contribution < -0.4 is 21.9 Å². The highest BCUT2D eigenvalue weighted by Crippen LogP contribution is 2.24. The fourth-order valence-electron chi connectivity index (χ4n) is 2.75. The number of nitrogen functional groups attached to an aromatic ring is 1. The SMILES string of the molecule is CN(C(=O)c1ccc(Cl)c(Cl)c1)c1c(N)n(Cc2ccccc2)c(=O)[nH]c1=O. The summed E-state index contributed by atoms with van der Waals surface area (Å²) in [5.41, 5.74) is 5.58. The highest BCUT2D eigenvalue weighted by atomic mass is 35.5. The Hall–Kier alpha value is -3.03. The molecule has 28 heavy (non-hydrogen) atoms. The molecule has 0 saturated carbocycles. The first-order chi connectivity index (χ1) is 13.3. The molecule has 1 amide bonds. The van der Waals surface area contributed by atoms with E-state index in [0.717, 1.165) is 10.5 Å². The van der Waals surface area contributed by atoms with E-state index in [9.17, 15) is 14.4 Å². The van der Waals surface area contributed by atoms with E-state index >= 15 is 0 Å². The molecule has 1 heterocycles. The maximum atomic E-state index is 12.8. The van der Waals surface area contributed by atoms with Crippen molar-refractivity contribution in [3.05, 3.63) is 90.5 Å². The highest BCUT2D eigenvalue weighted by Gasteiger charge is 2.22. The second-order valence-corrected chi connectivity index (χ2v) is 6.87. The lowest BCUT2D eigenvalue weighted by Crippen LogP contribution is -2.39. The van der Waals surface area contributed by atoms with Crippen LogP contribution in [0.15, 0.2) is 58.1 Å². The largest absolute Gasteiger partial charge is 0.383 e. The zero-order chi connectivity index (χ0) is 20.4. The third kappa shape index (κ3) is 3.81. The topological polar surface area (TPSA) is 101 Å². The lowest BCUT2D eigenvalue weighted by molar-refractivity contribution is 0.0992. The average Bonchev–Trinajstić information content (AvgIpc) is 2.67. The maximum Gasteiger partial charge on any atom is 0.330 e. The Labute approximate surface area is 169 Å². The lowest BCUT2D eigenvalue weighted by Gasteiger charge is -2.20. The van der Waals surface area contributed by atoms with Crippen molar-refractivity contribution in [2.75, 3.05) is 17.7 Å². The van der Waals surface area contributed by atoms with Gasteiger partial charge in [-0.3, -0.25) is 19.1 Å². The first kappa shape index (κ1) is 19.7. The van der Waals surface area contributed by atoms with Crippen LogP contribution in [0.3, 0.4) is 0 Å². The number of nitrogens with one attached hydrogen (secondary N) is 1. The number of benzene rings is 2. The second kappa shape index (κ2) is 7.92. The number of nitrogens with two attached hydrogens (primary N) is 1. The second-order valence-electron chi connectivity index (χ2n) is 6.06. The molecule has 3 N–H and O–H groups in total. The van der Waals surface area contributed by atoms with Crippen molar-refractivity contribution >= 4 is 40.6 Å². The molecule has 2 aromatic carbocycles. The molecule has 0 spiro atoms. The molecule has 0 fully saturated rings. The molecule has 0 bridgehead atoms. The van der Waals surface area contributed by atoms with Crippen LogP contribution in [0.2, 0.25) is 10.0 Å². The number of halogens is 2. The fourth-order valence-corrected chi connectivity index (χ4v) is 3.05. The van der Waals surface area contributed by atoms with Crippen LogP contribution in [0, 0.1) is 0 Å². The Morgan fingerprint density at radius 1 is 1.11 bits per heavy atom. The molecule has 9 heteroatoms. The zero-order valence-electron chi connectivity index (χ0n) is 14.8. The van der Waals surface area contributed by atoms with Crippen molar-refractivity contribution < 1.29 is 4.79 Å². The molecular weight excluding hydrogens is 403 g/mol. The van der Waals surface area contributed by atoms with Gasteiger partial charge in [-0.05, 0) is 23.8 Å². The number of H-pyrrole nitrogens is 1. The normalized spacial score (nSPS) is 10.7. The fraction of sp³-hybridized carbons (Fsp3) is 0.105. The van der Waals surface area contributed by atoms with E-state index in [1.807, 2.05) is 30.3 Å². The van der Waals surface area contributed by atoms with Gasteiger partial charge in [0.1, 0.15) is 5.82 Å². The first-order valence-corrected chi connectivity index (χ1v) is 8.95. The summed E-state index contributed by atoms with van der Waals surface area (Å²) in [6, 6.07) is 13.5. The van der Waals surface area contributed by atoms with Crippen LogP contribution in [0.4, 0.5) is 11.5 Å². The molecule has 0 aliphatic heterocycles. The smallest absolute Gasteiger partial charge is 0.330 e. The Bertz CT molecular complexity index is 1160. The van der Waals surface area contributed by atoms with E-state index in [4.69, 9.17) is 28.9 Å². The maximum absolute atomic E-state index is 12.8. The summed E-state index contributed by atoms with van der Waals surface area (Å²) in [5, 5.41) is 0.506. The van der Waals surface area contributed by atoms with Gasteiger partial charge in [-0.2, -0.15) is 0 Å². The quantitative estimate of drug-likeness (QED) is 0.679. The molecule has 0 saturated heterocycles. The molecule has 0 unspecified atom stereocenters. The van der Waals surface area contributed by atoms with Gasteiger partial charge in [-0.25, -0.2) is 4.79 Å². The average molecular weight is 419 g/mol. The van der Waals surface area contributed by atoms with E-state index < -0.39 is 17.2 Å². The van der Waals surface area contributed by atoms with E-state index in [-0.39, 0.29) is 28.6 Å².